The van der Waals surface area contributed by atoms with Crippen molar-refractivity contribution in [3.8, 4) is 0 Å². The van der Waals surface area contributed by atoms with Crippen molar-refractivity contribution in [1.29, 1.82) is 0 Å². The maximum atomic E-state index is 12.4. The second-order valence-corrected chi connectivity index (χ2v) is 6.78. The van der Waals surface area contributed by atoms with Crippen LogP contribution in [0.5, 0.6) is 0 Å². The van der Waals surface area contributed by atoms with E-state index in [9.17, 15) is 14.7 Å². The average Bonchev–Trinajstić information content (AvgIpc) is 2.81. The first kappa shape index (κ1) is 16.9. The van der Waals surface area contributed by atoms with Gasteiger partial charge in [-0.25, -0.2) is 0 Å². The molecule has 5 heteroatoms. The molecule has 2 amide bonds. The quantitative estimate of drug-likeness (QED) is 0.634. The van der Waals surface area contributed by atoms with Crippen molar-refractivity contribution in [2.45, 2.75) is 25.5 Å². The number of nitrogens with zero attached hydrogens (tertiary/aromatic N) is 2. The molecule has 1 heterocycles. The molecule has 128 valence electrons. The molecule has 24 heavy (non-hydrogen) atoms. The van der Waals surface area contributed by atoms with Gasteiger partial charge in [-0.2, -0.15) is 0 Å². The Morgan fingerprint density at radius 2 is 1.71 bits per heavy atom. The van der Waals surface area contributed by atoms with Gasteiger partial charge in [0.25, 0.3) is 0 Å². The monoisotopic (exact) mass is 328 g/mol. The van der Waals surface area contributed by atoms with Gasteiger partial charge in [-0.15, -0.1) is 0 Å². The zero-order chi connectivity index (χ0) is 17.1. The van der Waals surface area contributed by atoms with Gasteiger partial charge in [-0.1, -0.05) is 42.5 Å². The van der Waals surface area contributed by atoms with Crippen LogP contribution in [0.15, 0.2) is 42.5 Å². The summed E-state index contributed by atoms with van der Waals surface area (Å²) >= 11 is 0. The van der Waals surface area contributed by atoms with Gasteiger partial charge in [-0.05, 0) is 25.5 Å². The van der Waals surface area contributed by atoms with Crippen LogP contribution in [0.4, 0.5) is 0 Å². The number of hydrogen-bond acceptors (Lipinski definition) is 4. The first-order valence-corrected chi connectivity index (χ1v) is 8.47. The molecule has 3 atom stereocenters. The molecule has 0 radical (unpaired) electrons. The number of β-amino-alcohol motifs (C(OH)–C–C–N with tert-alkyl or cyclic N) is 1. The Labute approximate surface area is 142 Å². The van der Waals surface area contributed by atoms with Crippen LogP contribution >= 0.6 is 0 Å². The topological polar surface area (TPSA) is 60.9 Å². The van der Waals surface area contributed by atoms with Gasteiger partial charge in [0.15, 0.2) is 0 Å². The molecule has 1 saturated heterocycles. The third kappa shape index (κ3) is 3.57. The van der Waals surface area contributed by atoms with Crippen LogP contribution in [0.1, 0.15) is 18.4 Å². The minimum Gasteiger partial charge on any atom is -0.390 e. The van der Waals surface area contributed by atoms with Crippen LogP contribution in [-0.4, -0.2) is 53.0 Å². The number of benzene rings is 1. The lowest BCUT2D eigenvalue weighted by Crippen LogP contribution is -2.42. The van der Waals surface area contributed by atoms with Crippen molar-refractivity contribution in [2.75, 3.05) is 20.1 Å². The number of amides is 2. The summed E-state index contributed by atoms with van der Waals surface area (Å²) in [5.74, 6) is -0.702. The molecular formula is C19H24N2O3. The van der Waals surface area contributed by atoms with Gasteiger partial charge >= 0.3 is 0 Å². The Bertz CT molecular complexity index is 603. The molecule has 0 bridgehead atoms. The molecule has 1 fully saturated rings. The largest absolute Gasteiger partial charge is 0.390 e. The van der Waals surface area contributed by atoms with E-state index in [0.29, 0.717) is 19.4 Å². The van der Waals surface area contributed by atoms with E-state index in [2.05, 4.69) is 0 Å². The highest BCUT2D eigenvalue weighted by Crippen LogP contribution is 2.35. The van der Waals surface area contributed by atoms with E-state index in [-0.39, 0.29) is 30.2 Å². The van der Waals surface area contributed by atoms with Crippen LogP contribution in [0.3, 0.4) is 0 Å². The highest BCUT2D eigenvalue weighted by Gasteiger charge is 2.47. The number of fused-ring (bicyclic) bond motifs is 1. The molecule has 1 aliphatic heterocycles. The van der Waals surface area contributed by atoms with Crippen molar-refractivity contribution in [1.82, 2.24) is 9.80 Å². The van der Waals surface area contributed by atoms with Crippen molar-refractivity contribution in [3.63, 3.8) is 0 Å². The van der Waals surface area contributed by atoms with Gasteiger partial charge in [0.1, 0.15) is 0 Å². The lowest BCUT2D eigenvalue weighted by Gasteiger charge is -2.24. The Balaban J connectivity index is 1.54. The fraction of sp³-hybridized carbons (Fsp3) is 0.474. The molecule has 1 aromatic rings. The lowest BCUT2D eigenvalue weighted by molar-refractivity contribution is -0.141. The average molecular weight is 328 g/mol. The molecule has 1 aliphatic carbocycles. The van der Waals surface area contributed by atoms with E-state index >= 15 is 0 Å². The highest BCUT2D eigenvalue weighted by atomic mass is 16.3. The zero-order valence-electron chi connectivity index (χ0n) is 14.0. The van der Waals surface area contributed by atoms with Gasteiger partial charge in [0.05, 0.1) is 24.5 Å². The van der Waals surface area contributed by atoms with Gasteiger partial charge in [0.2, 0.25) is 11.8 Å². The SMILES string of the molecule is CN(Cc1ccccc1)CC(O)CN1C(=O)C2CC=CCC2C1=O. The van der Waals surface area contributed by atoms with Crippen molar-refractivity contribution < 1.29 is 14.7 Å². The fourth-order valence-electron chi connectivity index (χ4n) is 3.64. The smallest absolute Gasteiger partial charge is 0.233 e. The normalized spacial score (nSPS) is 24.5. The van der Waals surface area contributed by atoms with E-state index in [0.717, 1.165) is 12.1 Å². The van der Waals surface area contributed by atoms with E-state index in [1.807, 2.05) is 54.4 Å². The Morgan fingerprint density at radius 1 is 1.12 bits per heavy atom. The third-order valence-corrected chi connectivity index (χ3v) is 4.81. The van der Waals surface area contributed by atoms with Crippen LogP contribution in [-0.2, 0) is 16.1 Å². The summed E-state index contributed by atoms with van der Waals surface area (Å²) in [6, 6.07) is 10.0. The van der Waals surface area contributed by atoms with Gasteiger partial charge in [0, 0.05) is 13.1 Å². The van der Waals surface area contributed by atoms with Crippen molar-refractivity contribution >= 4 is 11.8 Å². The maximum absolute atomic E-state index is 12.4. The molecule has 2 aliphatic rings. The molecule has 0 aromatic heterocycles. The van der Waals surface area contributed by atoms with E-state index in [1.165, 1.54) is 4.90 Å². The number of rotatable bonds is 6. The summed E-state index contributed by atoms with van der Waals surface area (Å²) in [5.41, 5.74) is 1.16. The second-order valence-electron chi connectivity index (χ2n) is 6.78. The zero-order valence-corrected chi connectivity index (χ0v) is 14.0. The number of aliphatic hydroxyl groups is 1. The van der Waals surface area contributed by atoms with Crippen molar-refractivity contribution in [3.05, 3.63) is 48.0 Å². The lowest BCUT2D eigenvalue weighted by atomic mass is 9.85. The summed E-state index contributed by atoms with van der Waals surface area (Å²) in [4.78, 5) is 28.1. The second kappa shape index (κ2) is 7.28. The van der Waals surface area contributed by atoms with Crippen LogP contribution in [0.25, 0.3) is 0 Å². The predicted octanol–water partition coefficient (Wildman–Crippen LogP) is 1.43. The van der Waals surface area contributed by atoms with E-state index < -0.39 is 6.10 Å². The summed E-state index contributed by atoms with van der Waals surface area (Å²) in [6.45, 7) is 1.22. The minimum atomic E-state index is -0.736. The number of aliphatic hydroxyl groups excluding tert-OH is 1. The molecule has 0 saturated carbocycles. The number of likely N-dealkylation sites (tertiary alicyclic amines) is 1. The minimum absolute atomic E-state index is 0.0871. The Morgan fingerprint density at radius 3 is 2.29 bits per heavy atom. The standard InChI is InChI=1S/C19H24N2O3/c1-20(11-14-7-3-2-4-8-14)12-15(22)13-21-18(23)16-9-5-6-10-17(16)19(21)24/h2-8,15-17,22H,9-13H2,1H3. The van der Waals surface area contributed by atoms with E-state index in [1.54, 1.807) is 0 Å². The number of allylic oxidation sites excluding steroid dienone is 2. The number of likely N-dealkylation sites (N-methyl/N-ethyl adjacent to an activating group) is 1. The van der Waals surface area contributed by atoms with Gasteiger partial charge < -0.3 is 5.11 Å². The molecule has 1 aromatic carbocycles. The fourth-order valence-corrected chi connectivity index (χ4v) is 3.64. The molecular weight excluding hydrogens is 304 g/mol. The summed E-state index contributed by atoms with van der Waals surface area (Å²) in [5, 5.41) is 10.3. The van der Waals surface area contributed by atoms with Crippen molar-refractivity contribution in [2.24, 2.45) is 11.8 Å². The molecule has 0 spiro atoms. The Kier molecular flexibility index (Phi) is 5.11. The third-order valence-electron chi connectivity index (χ3n) is 4.81. The molecule has 1 N–H and O–H groups in total. The maximum Gasteiger partial charge on any atom is 0.233 e. The molecule has 3 rings (SSSR count). The number of imide groups is 1. The summed E-state index contributed by atoms with van der Waals surface area (Å²) in [6.07, 6.45) is 4.48. The Hall–Kier alpha value is -1.98. The number of hydrogen-bond donors (Lipinski definition) is 1. The number of carbonyl (C=O) groups is 2. The molecule has 3 unspecified atom stereocenters. The van der Waals surface area contributed by atoms with Crippen LogP contribution in [0, 0.1) is 11.8 Å². The van der Waals surface area contributed by atoms with Crippen LogP contribution < -0.4 is 0 Å². The first-order valence-electron chi connectivity index (χ1n) is 8.47. The van der Waals surface area contributed by atoms with E-state index in [4.69, 9.17) is 0 Å². The predicted molar refractivity (Wildman–Crippen MR) is 90.9 cm³/mol. The van der Waals surface area contributed by atoms with Gasteiger partial charge in [-0.3, -0.25) is 19.4 Å². The summed E-state index contributed by atoms with van der Waals surface area (Å²) < 4.78 is 0. The van der Waals surface area contributed by atoms with Crippen LogP contribution in [0.2, 0.25) is 0 Å². The summed E-state index contributed by atoms with van der Waals surface area (Å²) in [7, 11) is 1.92. The number of carbonyl (C=O) groups excluding carboxylic acids is 2. The first-order chi connectivity index (χ1) is 11.6. The highest BCUT2D eigenvalue weighted by molar-refractivity contribution is 6.05. The molecule has 5 nitrogen and oxygen atoms in total.